The van der Waals surface area contributed by atoms with Crippen molar-refractivity contribution in [3.63, 3.8) is 0 Å². The molecule has 1 N–H and O–H groups in total. The lowest BCUT2D eigenvalue weighted by Gasteiger charge is -2.26. The highest BCUT2D eigenvalue weighted by Gasteiger charge is 2.17. The molecule has 4 rings (SSSR count). The fourth-order valence-corrected chi connectivity index (χ4v) is 3.46. The number of rotatable bonds is 6. The van der Waals surface area contributed by atoms with Crippen molar-refractivity contribution in [1.82, 2.24) is 9.88 Å². The van der Waals surface area contributed by atoms with Crippen molar-refractivity contribution >= 4 is 35.0 Å². The van der Waals surface area contributed by atoms with Crippen LogP contribution in [0.5, 0.6) is 11.5 Å². The van der Waals surface area contributed by atoms with Crippen molar-refractivity contribution in [3.05, 3.63) is 35.0 Å². The average Bonchev–Trinajstić information content (AvgIpc) is 2.91. The highest BCUT2D eigenvalue weighted by Crippen LogP contribution is 2.39. The van der Waals surface area contributed by atoms with E-state index in [0.717, 1.165) is 50.5 Å². The highest BCUT2D eigenvalue weighted by atomic mass is 35.5. The highest BCUT2D eigenvalue weighted by molar-refractivity contribution is 6.33. The Kier molecular flexibility index (Phi) is 5.95. The zero-order chi connectivity index (χ0) is 19.3. The van der Waals surface area contributed by atoms with Crippen molar-refractivity contribution in [2.45, 2.75) is 6.42 Å². The number of morpholine rings is 1. The van der Waals surface area contributed by atoms with Gasteiger partial charge in [-0.25, -0.2) is 4.98 Å². The van der Waals surface area contributed by atoms with Crippen molar-refractivity contribution in [3.8, 4) is 11.5 Å². The van der Waals surface area contributed by atoms with Crippen LogP contribution in [0.1, 0.15) is 12.0 Å². The minimum absolute atomic E-state index is 0.549. The molecule has 0 radical (unpaired) electrons. The van der Waals surface area contributed by atoms with Gasteiger partial charge in [-0.05, 0) is 18.6 Å². The van der Waals surface area contributed by atoms with Gasteiger partial charge < -0.3 is 19.5 Å². The number of halogens is 1. The third-order valence-electron chi connectivity index (χ3n) is 4.78. The molecule has 0 atom stereocenters. The van der Waals surface area contributed by atoms with Crippen molar-refractivity contribution in [2.75, 3.05) is 51.9 Å². The molecule has 2 aromatic rings. The number of hydrogen-bond acceptors (Lipinski definition) is 7. The maximum absolute atomic E-state index is 6.24. The molecule has 1 saturated heterocycles. The molecular formula is C20H23ClN4O3. The van der Waals surface area contributed by atoms with E-state index in [9.17, 15) is 0 Å². The number of anilines is 2. The van der Waals surface area contributed by atoms with Crippen LogP contribution in [0, 0.1) is 0 Å². The number of aromatic nitrogens is 1. The van der Waals surface area contributed by atoms with Gasteiger partial charge in [0, 0.05) is 43.7 Å². The summed E-state index contributed by atoms with van der Waals surface area (Å²) in [6.07, 6.45) is 4.35. The summed E-state index contributed by atoms with van der Waals surface area (Å²) in [5, 5.41) is 3.85. The molecule has 8 heteroatoms. The molecular weight excluding hydrogens is 380 g/mol. The molecule has 0 bridgehead atoms. The van der Waals surface area contributed by atoms with Crippen LogP contribution in [0.2, 0.25) is 5.02 Å². The number of nitrogens with zero attached hydrogens (tertiary/aromatic N) is 3. The molecule has 0 spiro atoms. The maximum Gasteiger partial charge on any atom is 0.163 e. The SMILES string of the molecule is COc1cc2c(cc1OCCCN1CCOCC1)Nc1nccc(Cl)c1N=C2. The van der Waals surface area contributed by atoms with E-state index >= 15 is 0 Å². The number of fused-ring (bicyclic) bond motifs is 2. The summed E-state index contributed by atoms with van der Waals surface area (Å²) in [5.41, 5.74) is 2.35. The van der Waals surface area contributed by atoms with Gasteiger partial charge in [0.1, 0.15) is 5.69 Å². The topological polar surface area (TPSA) is 68.2 Å². The number of aliphatic imine (C=N–C) groups is 1. The Morgan fingerprint density at radius 3 is 2.93 bits per heavy atom. The average molecular weight is 403 g/mol. The van der Waals surface area contributed by atoms with Crippen molar-refractivity contribution < 1.29 is 14.2 Å². The summed E-state index contributed by atoms with van der Waals surface area (Å²) in [5.74, 6) is 1.98. The Morgan fingerprint density at radius 1 is 1.25 bits per heavy atom. The molecule has 2 aliphatic rings. The Bertz CT molecular complexity index is 869. The molecule has 0 amide bonds. The molecule has 1 aromatic carbocycles. The molecule has 0 aliphatic carbocycles. The smallest absolute Gasteiger partial charge is 0.163 e. The van der Waals surface area contributed by atoms with Crippen molar-refractivity contribution in [1.29, 1.82) is 0 Å². The van der Waals surface area contributed by atoms with E-state index in [0.29, 0.717) is 34.6 Å². The van der Waals surface area contributed by atoms with E-state index in [-0.39, 0.29) is 0 Å². The van der Waals surface area contributed by atoms with Crippen LogP contribution in [0.3, 0.4) is 0 Å². The molecule has 0 unspecified atom stereocenters. The number of benzene rings is 1. The van der Waals surface area contributed by atoms with E-state index in [2.05, 4.69) is 20.2 Å². The van der Waals surface area contributed by atoms with E-state index < -0.39 is 0 Å². The number of ether oxygens (including phenoxy) is 3. The van der Waals surface area contributed by atoms with Crippen LogP contribution < -0.4 is 14.8 Å². The number of methoxy groups -OCH3 is 1. The van der Waals surface area contributed by atoms with Gasteiger partial charge in [-0.2, -0.15) is 0 Å². The summed E-state index contributed by atoms with van der Waals surface area (Å²) in [4.78, 5) is 11.2. The van der Waals surface area contributed by atoms with Gasteiger partial charge in [0.05, 0.1) is 37.6 Å². The first kappa shape index (κ1) is 19.0. The third-order valence-corrected chi connectivity index (χ3v) is 5.08. The van der Waals surface area contributed by atoms with Crippen LogP contribution in [0.25, 0.3) is 0 Å². The van der Waals surface area contributed by atoms with Crippen LogP contribution in [0.15, 0.2) is 29.4 Å². The Morgan fingerprint density at radius 2 is 2.11 bits per heavy atom. The lowest BCUT2D eigenvalue weighted by molar-refractivity contribution is 0.0357. The zero-order valence-corrected chi connectivity index (χ0v) is 16.5. The molecule has 1 aromatic heterocycles. The Labute approximate surface area is 169 Å². The Hall–Kier alpha value is -2.35. The summed E-state index contributed by atoms with van der Waals surface area (Å²) >= 11 is 6.24. The number of pyridine rings is 1. The lowest BCUT2D eigenvalue weighted by Crippen LogP contribution is -2.37. The van der Waals surface area contributed by atoms with Crippen LogP contribution in [0.4, 0.5) is 17.2 Å². The summed E-state index contributed by atoms with van der Waals surface area (Å²) in [7, 11) is 1.64. The molecule has 148 valence electrons. The largest absolute Gasteiger partial charge is 0.493 e. The minimum Gasteiger partial charge on any atom is -0.493 e. The quantitative estimate of drug-likeness (QED) is 0.635. The van der Waals surface area contributed by atoms with Gasteiger partial charge in [0.15, 0.2) is 17.3 Å². The number of hydrogen-bond donors (Lipinski definition) is 1. The molecule has 2 aliphatic heterocycles. The van der Waals surface area contributed by atoms with Gasteiger partial charge in [0.25, 0.3) is 0 Å². The molecule has 0 saturated carbocycles. The second-order valence-electron chi connectivity index (χ2n) is 6.62. The van der Waals surface area contributed by atoms with Gasteiger partial charge >= 0.3 is 0 Å². The van der Waals surface area contributed by atoms with Gasteiger partial charge in [-0.1, -0.05) is 11.6 Å². The van der Waals surface area contributed by atoms with Crippen LogP contribution >= 0.6 is 11.6 Å². The molecule has 1 fully saturated rings. The maximum atomic E-state index is 6.24. The first-order valence-electron chi connectivity index (χ1n) is 9.35. The normalized spacial score (nSPS) is 15.9. The second-order valence-corrected chi connectivity index (χ2v) is 7.03. The van der Waals surface area contributed by atoms with Gasteiger partial charge in [-0.3, -0.25) is 9.89 Å². The fraction of sp³-hybridized carbons (Fsp3) is 0.400. The van der Waals surface area contributed by atoms with Crippen molar-refractivity contribution in [2.24, 2.45) is 4.99 Å². The summed E-state index contributed by atoms with van der Waals surface area (Å²) in [6.45, 7) is 5.21. The zero-order valence-electron chi connectivity index (χ0n) is 15.8. The predicted molar refractivity (Wildman–Crippen MR) is 110 cm³/mol. The van der Waals surface area contributed by atoms with E-state index in [1.54, 1.807) is 25.6 Å². The predicted octanol–water partition coefficient (Wildman–Crippen LogP) is 3.65. The lowest BCUT2D eigenvalue weighted by atomic mass is 10.1. The van der Waals surface area contributed by atoms with Crippen LogP contribution in [-0.4, -0.2) is 62.7 Å². The van der Waals surface area contributed by atoms with E-state index in [4.69, 9.17) is 25.8 Å². The third kappa shape index (κ3) is 4.22. The molecule has 28 heavy (non-hydrogen) atoms. The van der Waals surface area contributed by atoms with Gasteiger partial charge in [0.2, 0.25) is 0 Å². The summed E-state index contributed by atoms with van der Waals surface area (Å²) < 4.78 is 16.9. The van der Waals surface area contributed by atoms with Gasteiger partial charge in [-0.15, -0.1) is 0 Å². The molecule has 7 nitrogen and oxygen atoms in total. The first-order valence-corrected chi connectivity index (χ1v) is 9.73. The second kappa shape index (κ2) is 8.77. The summed E-state index contributed by atoms with van der Waals surface area (Å²) in [6, 6.07) is 5.55. The van der Waals surface area contributed by atoms with Crippen LogP contribution in [-0.2, 0) is 4.74 Å². The number of nitrogens with one attached hydrogen (secondary N) is 1. The first-order chi connectivity index (χ1) is 13.7. The Balaban J connectivity index is 1.47. The van der Waals surface area contributed by atoms with E-state index in [1.807, 2.05) is 12.1 Å². The molecule has 3 heterocycles. The monoisotopic (exact) mass is 402 g/mol. The minimum atomic E-state index is 0.549. The fourth-order valence-electron chi connectivity index (χ4n) is 3.26. The van der Waals surface area contributed by atoms with E-state index in [1.165, 1.54) is 0 Å². The standard InChI is InChI=1S/C20H23ClN4O3/c1-26-17-11-14-13-23-19-15(21)3-4-22-20(19)24-16(14)12-18(17)28-8-2-5-25-6-9-27-10-7-25/h3-4,11-13H,2,5-10H2,1H3,(H,22,24).